The summed E-state index contributed by atoms with van der Waals surface area (Å²) in [6, 6.07) is 0. The lowest BCUT2D eigenvalue weighted by Crippen LogP contribution is -2.05. The monoisotopic (exact) mass is 252 g/mol. The second kappa shape index (κ2) is 12.2. The predicted molar refractivity (Wildman–Crippen MR) is 72.9 cm³/mol. The van der Waals surface area contributed by atoms with Crippen molar-refractivity contribution < 1.29 is 14.6 Å². The van der Waals surface area contributed by atoms with E-state index in [1.807, 2.05) is 0 Å². The summed E-state index contributed by atoms with van der Waals surface area (Å²) >= 11 is 0. The van der Waals surface area contributed by atoms with Gasteiger partial charge < -0.3 is 9.84 Å². The largest absolute Gasteiger partial charge is 0.456 e. The fourth-order valence-electron chi connectivity index (χ4n) is 1.38. The Balaban J connectivity index is 3.63. The molecule has 0 aliphatic heterocycles. The van der Waals surface area contributed by atoms with Crippen LogP contribution in [0.5, 0.6) is 0 Å². The number of allylic oxidation sites excluding steroid dienone is 2. The van der Waals surface area contributed by atoms with Gasteiger partial charge in [-0.05, 0) is 32.6 Å². The van der Waals surface area contributed by atoms with Gasteiger partial charge in [-0.25, -0.2) is 4.79 Å². The molecule has 0 saturated carbocycles. The van der Waals surface area contributed by atoms with Crippen molar-refractivity contribution in [2.24, 2.45) is 0 Å². The van der Waals surface area contributed by atoms with E-state index in [9.17, 15) is 9.90 Å². The maximum Gasteiger partial charge on any atom is 0.384 e. The van der Waals surface area contributed by atoms with Crippen molar-refractivity contribution in [2.45, 2.75) is 58.5 Å². The molecule has 0 radical (unpaired) electrons. The lowest BCUT2D eigenvalue weighted by Gasteiger charge is -1.99. The minimum Gasteiger partial charge on any atom is -0.456 e. The van der Waals surface area contributed by atoms with E-state index in [1.165, 1.54) is 19.3 Å². The molecular weight excluding hydrogens is 228 g/mol. The summed E-state index contributed by atoms with van der Waals surface area (Å²) in [4.78, 5) is 10.9. The number of ether oxygens (including phenoxy) is 1. The van der Waals surface area contributed by atoms with Gasteiger partial charge in [-0.3, -0.25) is 0 Å². The summed E-state index contributed by atoms with van der Waals surface area (Å²) in [5, 5.41) is 9.49. The van der Waals surface area contributed by atoms with Crippen molar-refractivity contribution in [2.75, 3.05) is 6.61 Å². The van der Waals surface area contributed by atoms with Crippen LogP contribution in [0.1, 0.15) is 52.4 Å². The van der Waals surface area contributed by atoms with Gasteiger partial charge >= 0.3 is 5.97 Å². The Morgan fingerprint density at radius 1 is 1.28 bits per heavy atom. The number of unbranched alkanes of at least 4 members (excludes halogenated alkanes) is 3. The third-order valence-corrected chi connectivity index (χ3v) is 2.36. The quantitative estimate of drug-likeness (QED) is 0.237. The topological polar surface area (TPSA) is 46.5 Å². The summed E-state index contributed by atoms with van der Waals surface area (Å²) in [5.74, 6) is 4.17. The first kappa shape index (κ1) is 16.7. The number of esters is 1. The SMILES string of the molecule is CCCCC/C=C\CCC(O)C#CC(=O)OCC. The second-order valence-corrected chi connectivity index (χ2v) is 4.05. The summed E-state index contributed by atoms with van der Waals surface area (Å²) in [5.41, 5.74) is 0. The van der Waals surface area contributed by atoms with Crippen molar-refractivity contribution >= 4 is 5.97 Å². The van der Waals surface area contributed by atoms with Crippen molar-refractivity contribution in [3.8, 4) is 11.8 Å². The highest BCUT2D eigenvalue weighted by atomic mass is 16.5. The van der Waals surface area contributed by atoms with E-state index in [1.54, 1.807) is 6.92 Å². The van der Waals surface area contributed by atoms with Gasteiger partial charge in [0.1, 0.15) is 6.10 Å². The highest BCUT2D eigenvalue weighted by Crippen LogP contribution is 2.02. The van der Waals surface area contributed by atoms with Crippen LogP contribution in [-0.2, 0) is 9.53 Å². The fraction of sp³-hybridized carbons (Fsp3) is 0.667. The van der Waals surface area contributed by atoms with E-state index in [0.717, 1.165) is 12.8 Å². The van der Waals surface area contributed by atoms with E-state index < -0.39 is 12.1 Å². The molecule has 3 heteroatoms. The smallest absolute Gasteiger partial charge is 0.384 e. The number of aliphatic hydroxyl groups excluding tert-OH is 1. The molecule has 1 N–H and O–H groups in total. The standard InChI is InChI=1S/C15H24O3/c1-3-5-6-7-8-9-10-11-14(16)12-13-15(17)18-4-2/h8-9,14,16H,3-7,10-11H2,1-2H3/b9-8-. The zero-order chi connectivity index (χ0) is 13.6. The van der Waals surface area contributed by atoms with Crippen LogP contribution >= 0.6 is 0 Å². The van der Waals surface area contributed by atoms with Crippen LogP contribution in [0.2, 0.25) is 0 Å². The Labute approximate surface area is 110 Å². The molecule has 0 aromatic heterocycles. The Morgan fingerprint density at radius 3 is 2.67 bits per heavy atom. The van der Waals surface area contributed by atoms with Gasteiger partial charge in [0.05, 0.1) is 6.61 Å². The average Bonchev–Trinajstić information content (AvgIpc) is 2.35. The van der Waals surface area contributed by atoms with Crippen LogP contribution < -0.4 is 0 Å². The van der Waals surface area contributed by atoms with Crippen LogP contribution in [-0.4, -0.2) is 23.8 Å². The second-order valence-electron chi connectivity index (χ2n) is 4.05. The number of hydrogen-bond acceptors (Lipinski definition) is 3. The number of carbonyl (C=O) groups excluding carboxylic acids is 1. The average molecular weight is 252 g/mol. The molecule has 102 valence electrons. The normalized spacial score (nSPS) is 11.9. The molecule has 18 heavy (non-hydrogen) atoms. The molecule has 0 amide bonds. The molecule has 0 fully saturated rings. The van der Waals surface area contributed by atoms with E-state index in [-0.39, 0.29) is 0 Å². The lowest BCUT2D eigenvalue weighted by atomic mass is 10.1. The van der Waals surface area contributed by atoms with Gasteiger partial charge in [-0.1, -0.05) is 37.8 Å². The molecule has 0 heterocycles. The first-order chi connectivity index (χ1) is 8.70. The van der Waals surface area contributed by atoms with Gasteiger partial charge in [-0.15, -0.1) is 0 Å². The van der Waals surface area contributed by atoms with Crippen LogP contribution in [0.25, 0.3) is 0 Å². The molecule has 1 unspecified atom stereocenters. The van der Waals surface area contributed by atoms with Gasteiger partial charge in [-0.2, -0.15) is 0 Å². The third-order valence-electron chi connectivity index (χ3n) is 2.36. The maximum atomic E-state index is 10.9. The molecule has 0 aliphatic carbocycles. The van der Waals surface area contributed by atoms with Crippen LogP contribution in [0, 0.1) is 11.8 Å². The summed E-state index contributed by atoms with van der Waals surface area (Å²) in [6.45, 7) is 4.21. The number of hydrogen-bond donors (Lipinski definition) is 1. The van der Waals surface area contributed by atoms with Gasteiger partial charge in [0.2, 0.25) is 0 Å². The highest BCUT2D eigenvalue weighted by molar-refractivity contribution is 5.88. The Hall–Kier alpha value is -1.27. The minimum absolute atomic E-state index is 0.310. The molecule has 0 aromatic carbocycles. The molecule has 0 saturated heterocycles. The Bertz CT molecular complexity index is 297. The zero-order valence-corrected chi connectivity index (χ0v) is 11.4. The molecule has 0 rings (SSSR count). The summed E-state index contributed by atoms with van der Waals surface area (Å²) in [7, 11) is 0. The molecular formula is C15H24O3. The van der Waals surface area contributed by atoms with Gasteiger partial charge in [0.25, 0.3) is 0 Å². The fourth-order valence-corrected chi connectivity index (χ4v) is 1.38. The van der Waals surface area contributed by atoms with E-state index in [4.69, 9.17) is 0 Å². The third kappa shape index (κ3) is 11.2. The van der Waals surface area contributed by atoms with E-state index >= 15 is 0 Å². The summed E-state index contributed by atoms with van der Waals surface area (Å²) in [6.07, 6.45) is 9.59. The highest BCUT2D eigenvalue weighted by Gasteiger charge is 1.98. The minimum atomic E-state index is -0.755. The molecule has 0 aromatic rings. The Morgan fingerprint density at radius 2 is 2.00 bits per heavy atom. The van der Waals surface area contributed by atoms with Crippen molar-refractivity contribution in [3.63, 3.8) is 0 Å². The van der Waals surface area contributed by atoms with Crippen molar-refractivity contribution in [1.29, 1.82) is 0 Å². The molecule has 0 spiro atoms. The molecule has 3 nitrogen and oxygen atoms in total. The van der Waals surface area contributed by atoms with Crippen molar-refractivity contribution in [3.05, 3.63) is 12.2 Å². The predicted octanol–water partition coefficient (Wildman–Crippen LogP) is 2.83. The number of carbonyl (C=O) groups is 1. The molecule has 0 aliphatic rings. The number of aliphatic hydroxyl groups is 1. The van der Waals surface area contributed by atoms with Crippen LogP contribution in [0.4, 0.5) is 0 Å². The van der Waals surface area contributed by atoms with Gasteiger partial charge in [0, 0.05) is 5.92 Å². The lowest BCUT2D eigenvalue weighted by molar-refractivity contribution is -0.136. The van der Waals surface area contributed by atoms with E-state index in [2.05, 4.69) is 35.7 Å². The zero-order valence-electron chi connectivity index (χ0n) is 11.4. The van der Waals surface area contributed by atoms with Crippen LogP contribution in [0.3, 0.4) is 0 Å². The van der Waals surface area contributed by atoms with Crippen LogP contribution in [0.15, 0.2) is 12.2 Å². The van der Waals surface area contributed by atoms with Crippen molar-refractivity contribution in [1.82, 2.24) is 0 Å². The first-order valence-corrected chi connectivity index (χ1v) is 6.72. The van der Waals surface area contributed by atoms with E-state index in [0.29, 0.717) is 13.0 Å². The summed E-state index contributed by atoms with van der Waals surface area (Å²) < 4.78 is 4.64. The number of rotatable bonds is 8. The van der Waals surface area contributed by atoms with Gasteiger partial charge in [0.15, 0.2) is 0 Å². The first-order valence-electron chi connectivity index (χ1n) is 6.72. The Kier molecular flexibility index (Phi) is 11.3. The maximum absolute atomic E-state index is 10.9. The molecule has 1 atom stereocenters. The molecule has 0 bridgehead atoms.